The van der Waals surface area contributed by atoms with Crippen molar-refractivity contribution < 1.29 is 9.82 Å². The summed E-state index contributed by atoms with van der Waals surface area (Å²) in [5.74, 6) is 0.285. The zero-order valence-corrected chi connectivity index (χ0v) is 5.42. The molecule has 0 spiro atoms. The molecule has 0 saturated heterocycles. The third kappa shape index (κ3) is 1.80. The molecule has 1 rings (SSSR count). The summed E-state index contributed by atoms with van der Waals surface area (Å²) in [4.78, 5) is 10.4. The zero-order valence-electron chi connectivity index (χ0n) is 5.42. The molecule has 0 aromatic heterocycles. The normalized spacial score (nSPS) is 19.6. The molecule has 0 heterocycles. The Morgan fingerprint density at radius 1 is 1.78 bits per heavy atom. The second-order valence-electron chi connectivity index (χ2n) is 2.49. The zero-order chi connectivity index (χ0) is 6.85. The van der Waals surface area contributed by atoms with Crippen LogP contribution >= 0.6 is 0 Å². The standard InChI is InChI=1S/C5H10BNO2/c1-6(9)7-4-2-5(8)3-4/h4,7,9H,2-3H2,1H3. The molecule has 0 amide bonds. The molecule has 0 aromatic rings. The first-order chi connectivity index (χ1) is 4.18. The van der Waals surface area contributed by atoms with Crippen molar-refractivity contribution in [2.45, 2.75) is 25.7 Å². The minimum atomic E-state index is -0.483. The van der Waals surface area contributed by atoms with Gasteiger partial charge in [0.15, 0.2) is 0 Å². The van der Waals surface area contributed by atoms with E-state index in [1.807, 2.05) is 0 Å². The maximum atomic E-state index is 10.4. The van der Waals surface area contributed by atoms with Gasteiger partial charge in [0.25, 0.3) is 0 Å². The fraction of sp³-hybridized carbons (Fsp3) is 0.800. The molecule has 1 saturated carbocycles. The van der Waals surface area contributed by atoms with Gasteiger partial charge in [0, 0.05) is 18.9 Å². The van der Waals surface area contributed by atoms with Gasteiger partial charge in [0.05, 0.1) is 0 Å². The Bertz CT molecular complexity index is 118. The van der Waals surface area contributed by atoms with Gasteiger partial charge in [-0.15, -0.1) is 0 Å². The monoisotopic (exact) mass is 127 g/mol. The minimum Gasteiger partial charge on any atom is -0.437 e. The number of hydrogen-bond acceptors (Lipinski definition) is 3. The van der Waals surface area contributed by atoms with Crippen LogP contribution < -0.4 is 5.23 Å². The lowest BCUT2D eigenvalue weighted by molar-refractivity contribution is -0.124. The number of hydrogen-bond donors (Lipinski definition) is 2. The van der Waals surface area contributed by atoms with Gasteiger partial charge in [-0.05, 0) is 6.82 Å². The SMILES string of the molecule is CB(O)NC1CC(=O)C1. The average Bonchev–Trinajstić information content (AvgIpc) is 1.60. The van der Waals surface area contributed by atoms with Gasteiger partial charge >= 0.3 is 7.05 Å². The van der Waals surface area contributed by atoms with Crippen LogP contribution in [0.4, 0.5) is 0 Å². The molecule has 0 aromatic carbocycles. The summed E-state index contributed by atoms with van der Waals surface area (Å²) < 4.78 is 0. The highest BCUT2D eigenvalue weighted by Gasteiger charge is 2.27. The van der Waals surface area contributed by atoms with Gasteiger partial charge in [-0.1, -0.05) is 0 Å². The summed E-state index contributed by atoms with van der Waals surface area (Å²) >= 11 is 0. The van der Waals surface area contributed by atoms with Crippen LogP contribution in [-0.2, 0) is 4.79 Å². The smallest absolute Gasteiger partial charge is 0.373 e. The first-order valence-corrected chi connectivity index (χ1v) is 3.14. The van der Waals surface area contributed by atoms with E-state index in [1.54, 1.807) is 6.82 Å². The van der Waals surface area contributed by atoms with E-state index in [-0.39, 0.29) is 11.8 Å². The largest absolute Gasteiger partial charge is 0.437 e. The van der Waals surface area contributed by atoms with E-state index in [0.29, 0.717) is 12.8 Å². The van der Waals surface area contributed by atoms with Crippen LogP contribution in [0.15, 0.2) is 0 Å². The van der Waals surface area contributed by atoms with E-state index < -0.39 is 7.05 Å². The Hall–Kier alpha value is -0.345. The summed E-state index contributed by atoms with van der Waals surface area (Å²) in [7, 11) is -0.483. The lowest BCUT2D eigenvalue weighted by Crippen LogP contribution is -2.47. The summed E-state index contributed by atoms with van der Waals surface area (Å²) in [6.07, 6.45) is 1.18. The van der Waals surface area contributed by atoms with Crippen LogP contribution in [0.5, 0.6) is 0 Å². The molecular formula is C5H10BNO2. The molecule has 0 bridgehead atoms. The second kappa shape index (κ2) is 2.50. The summed E-state index contributed by atoms with van der Waals surface area (Å²) in [6, 6.07) is 0.234. The van der Waals surface area contributed by atoms with Crippen LogP contribution in [0, 0.1) is 0 Å². The van der Waals surface area contributed by atoms with E-state index in [1.165, 1.54) is 0 Å². The third-order valence-corrected chi connectivity index (χ3v) is 1.43. The molecule has 0 atom stereocenters. The summed E-state index contributed by atoms with van der Waals surface area (Å²) in [6.45, 7) is 1.66. The van der Waals surface area contributed by atoms with Gasteiger partial charge in [-0.25, -0.2) is 0 Å². The number of carbonyl (C=O) groups excluding carboxylic acids is 1. The van der Waals surface area contributed by atoms with Crippen LogP contribution in [0.25, 0.3) is 0 Å². The van der Waals surface area contributed by atoms with Gasteiger partial charge in [0.1, 0.15) is 5.78 Å². The number of carbonyl (C=O) groups is 1. The first kappa shape index (κ1) is 6.77. The van der Waals surface area contributed by atoms with Crippen LogP contribution in [0.2, 0.25) is 6.82 Å². The van der Waals surface area contributed by atoms with Crippen LogP contribution in [0.3, 0.4) is 0 Å². The van der Waals surface area contributed by atoms with Crippen LogP contribution in [-0.4, -0.2) is 23.9 Å². The van der Waals surface area contributed by atoms with Gasteiger partial charge in [-0.3, -0.25) is 4.79 Å². The molecular weight excluding hydrogens is 117 g/mol. The Morgan fingerprint density at radius 3 is 2.67 bits per heavy atom. The van der Waals surface area contributed by atoms with E-state index in [0.717, 1.165) is 0 Å². The highest BCUT2D eigenvalue weighted by molar-refractivity contribution is 6.45. The minimum absolute atomic E-state index is 0.234. The Morgan fingerprint density at radius 2 is 2.33 bits per heavy atom. The molecule has 2 N–H and O–H groups in total. The fourth-order valence-electron chi connectivity index (χ4n) is 0.949. The molecule has 0 unspecified atom stereocenters. The van der Waals surface area contributed by atoms with Crippen molar-refractivity contribution in [1.29, 1.82) is 0 Å². The van der Waals surface area contributed by atoms with Gasteiger partial charge < -0.3 is 10.3 Å². The quantitative estimate of drug-likeness (QED) is 0.487. The topological polar surface area (TPSA) is 49.3 Å². The molecule has 1 aliphatic rings. The van der Waals surface area contributed by atoms with E-state index in [4.69, 9.17) is 5.02 Å². The van der Waals surface area contributed by atoms with E-state index >= 15 is 0 Å². The van der Waals surface area contributed by atoms with Crippen molar-refractivity contribution in [3.63, 3.8) is 0 Å². The van der Waals surface area contributed by atoms with Crippen LogP contribution in [0.1, 0.15) is 12.8 Å². The maximum absolute atomic E-state index is 10.4. The average molecular weight is 127 g/mol. The van der Waals surface area contributed by atoms with Crippen molar-refractivity contribution in [1.82, 2.24) is 5.23 Å². The predicted molar refractivity (Wildman–Crippen MR) is 35.0 cm³/mol. The fourth-order valence-corrected chi connectivity index (χ4v) is 0.949. The Balaban J connectivity index is 2.11. The Kier molecular flexibility index (Phi) is 1.88. The predicted octanol–water partition coefficient (Wildman–Crippen LogP) is -0.582. The lowest BCUT2D eigenvalue weighted by atomic mass is 9.81. The molecule has 0 aliphatic heterocycles. The summed E-state index contributed by atoms with van der Waals surface area (Å²) in [5, 5.41) is 11.6. The highest BCUT2D eigenvalue weighted by Crippen LogP contribution is 2.13. The number of Topliss-reactive ketones (excluding diaryl/α,β-unsaturated/α-hetero) is 1. The lowest BCUT2D eigenvalue weighted by Gasteiger charge is -2.25. The molecule has 0 radical (unpaired) electrons. The van der Waals surface area contributed by atoms with E-state index in [2.05, 4.69) is 5.23 Å². The number of ketones is 1. The molecule has 3 nitrogen and oxygen atoms in total. The molecule has 1 aliphatic carbocycles. The van der Waals surface area contributed by atoms with Gasteiger partial charge in [0.2, 0.25) is 0 Å². The molecule has 9 heavy (non-hydrogen) atoms. The molecule has 50 valence electrons. The highest BCUT2D eigenvalue weighted by atomic mass is 16.2. The van der Waals surface area contributed by atoms with Crippen molar-refractivity contribution in [2.24, 2.45) is 0 Å². The molecule has 4 heteroatoms. The molecule has 1 fully saturated rings. The van der Waals surface area contributed by atoms with Crippen molar-refractivity contribution in [3.05, 3.63) is 0 Å². The van der Waals surface area contributed by atoms with Crippen molar-refractivity contribution in [2.75, 3.05) is 0 Å². The number of rotatable bonds is 2. The van der Waals surface area contributed by atoms with E-state index in [9.17, 15) is 4.79 Å². The number of nitrogens with one attached hydrogen (secondary N) is 1. The van der Waals surface area contributed by atoms with Crippen molar-refractivity contribution >= 4 is 12.8 Å². The second-order valence-corrected chi connectivity index (χ2v) is 2.49. The van der Waals surface area contributed by atoms with Gasteiger partial charge in [-0.2, -0.15) is 0 Å². The van der Waals surface area contributed by atoms with Crippen molar-refractivity contribution in [3.8, 4) is 0 Å². The first-order valence-electron chi connectivity index (χ1n) is 3.14. The maximum Gasteiger partial charge on any atom is 0.373 e. The Labute approximate surface area is 54.6 Å². The third-order valence-electron chi connectivity index (χ3n) is 1.43. The summed E-state index contributed by atoms with van der Waals surface area (Å²) in [5.41, 5.74) is 0.